The summed E-state index contributed by atoms with van der Waals surface area (Å²) < 4.78 is 15.8. The molecule has 0 fully saturated rings. The van der Waals surface area contributed by atoms with Gasteiger partial charge in [-0.25, -0.2) is 0 Å². The van der Waals surface area contributed by atoms with E-state index in [0.717, 1.165) is 29.5 Å². The molecule has 1 N–H and O–H groups in total. The van der Waals surface area contributed by atoms with Gasteiger partial charge in [0.25, 0.3) is 0 Å². The van der Waals surface area contributed by atoms with E-state index >= 15 is 0 Å². The third kappa shape index (κ3) is 4.30. The quantitative estimate of drug-likeness (QED) is 0.775. The molecule has 0 amide bonds. The van der Waals surface area contributed by atoms with Crippen molar-refractivity contribution in [3.63, 3.8) is 0 Å². The molecule has 1 heterocycles. The van der Waals surface area contributed by atoms with Crippen molar-refractivity contribution in [3.05, 3.63) is 41.8 Å². The van der Waals surface area contributed by atoms with Crippen molar-refractivity contribution in [1.29, 1.82) is 0 Å². The van der Waals surface area contributed by atoms with Crippen LogP contribution < -0.4 is 14.8 Å². The molecule has 0 bridgehead atoms. The second-order valence-corrected chi connectivity index (χ2v) is 4.14. The number of nitrogens with zero attached hydrogens (tertiary/aromatic N) is 1. The Morgan fingerprint density at radius 1 is 1.21 bits per heavy atom. The Morgan fingerprint density at radius 3 is 2.58 bits per heavy atom. The zero-order valence-electron chi connectivity index (χ0n) is 11.2. The summed E-state index contributed by atoms with van der Waals surface area (Å²) in [7, 11) is 1.64. The largest absolute Gasteiger partial charge is 0.497 e. The second-order valence-electron chi connectivity index (χ2n) is 4.14. The van der Waals surface area contributed by atoms with Gasteiger partial charge in [-0.1, -0.05) is 5.16 Å². The van der Waals surface area contributed by atoms with Crippen LogP contribution in [0.4, 0.5) is 0 Å². The first-order valence-electron chi connectivity index (χ1n) is 6.17. The fourth-order valence-corrected chi connectivity index (χ4v) is 1.62. The summed E-state index contributed by atoms with van der Waals surface area (Å²) in [5, 5.41) is 7.05. The first-order chi connectivity index (χ1) is 9.28. The normalized spacial score (nSPS) is 10.4. The smallest absolute Gasteiger partial charge is 0.150 e. The van der Waals surface area contributed by atoms with E-state index in [1.807, 2.05) is 37.3 Å². The van der Waals surface area contributed by atoms with E-state index in [4.69, 9.17) is 14.0 Å². The number of aryl methyl sites for hydroxylation is 1. The molecule has 5 nitrogen and oxygen atoms in total. The third-order valence-corrected chi connectivity index (χ3v) is 2.58. The van der Waals surface area contributed by atoms with E-state index in [-0.39, 0.29) is 0 Å². The number of aromatic nitrogens is 1. The number of ether oxygens (including phenoxy) is 2. The topological polar surface area (TPSA) is 56.5 Å². The lowest BCUT2D eigenvalue weighted by molar-refractivity contribution is 0.306. The van der Waals surface area contributed by atoms with Crippen molar-refractivity contribution >= 4 is 0 Å². The molecule has 102 valence electrons. The van der Waals surface area contributed by atoms with Crippen LogP contribution in [0.5, 0.6) is 11.5 Å². The zero-order valence-corrected chi connectivity index (χ0v) is 11.2. The van der Waals surface area contributed by atoms with E-state index in [1.54, 1.807) is 7.11 Å². The van der Waals surface area contributed by atoms with Crippen LogP contribution in [-0.4, -0.2) is 25.4 Å². The van der Waals surface area contributed by atoms with E-state index in [0.29, 0.717) is 13.2 Å². The van der Waals surface area contributed by atoms with Gasteiger partial charge in [0.05, 0.1) is 19.3 Å². The highest BCUT2D eigenvalue weighted by molar-refractivity contribution is 5.31. The van der Waals surface area contributed by atoms with E-state index < -0.39 is 0 Å². The van der Waals surface area contributed by atoms with E-state index in [9.17, 15) is 0 Å². The molecule has 0 unspecified atom stereocenters. The summed E-state index contributed by atoms with van der Waals surface area (Å²) >= 11 is 0. The third-order valence-electron chi connectivity index (χ3n) is 2.58. The SMILES string of the molecule is COc1ccc(OCCNCc2cc(C)no2)cc1. The van der Waals surface area contributed by atoms with Crippen molar-refractivity contribution in [1.82, 2.24) is 10.5 Å². The summed E-state index contributed by atoms with van der Waals surface area (Å²) in [5.41, 5.74) is 0.895. The van der Waals surface area contributed by atoms with Crippen LogP contribution in [-0.2, 0) is 6.54 Å². The highest BCUT2D eigenvalue weighted by Gasteiger charge is 1.99. The molecule has 1 aromatic carbocycles. The minimum atomic E-state index is 0.597. The number of hydrogen-bond acceptors (Lipinski definition) is 5. The van der Waals surface area contributed by atoms with Gasteiger partial charge in [-0.3, -0.25) is 0 Å². The predicted molar refractivity (Wildman–Crippen MR) is 71.4 cm³/mol. The van der Waals surface area contributed by atoms with E-state index in [2.05, 4.69) is 10.5 Å². The van der Waals surface area contributed by atoms with Crippen molar-refractivity contribution in [2.24, 2.45) is 0 Å². The lowest BCUT2D eigenvalue weighted by Crippen LogP contribution is -2.20. The van der Waals surface area contributed by atoms with Gasteiger partial charge in [0.15, 0.2) is 5.76 Å². The standard InChI is InChI=1S/C14H18N2O3/c1-11-9-14(19-16-11)10-15-7-8-18-13-5-3-12(17-2)4-6-13/h3-6,9,15H,7-8,10H2,1-2H3. The lowest BCUT2D eigenvalue weighted by Gasteiger charge is -2.07. The van der Waals surface area contributed by atoms with Crippen molar-refractivity contribution < 1.29 is 14.0 Å². The van der Waals surface area contributed by atoms with E-state index in [1.165, 1.54) is 0 Å². The van der Waals surface area contributed by atoms with Crippen LogP contribution in [0.25, 0.3) is 0 Å². The van der Waals surface area contributed by atoms with Gasteiger partial charge in [0.1, 0.15) is 18.1 Å². The Bertz CT molecular complexity index is 494. The number of nitrogens with one attached hydrogen (secondary N) is 1. The average Bonchev–Trinajstić information content (AvgIpc) is 2.85. The van der Waals surface area contributed by atoms with Crippen LogP contribution in [0.3, 0.4) is 0 Å². The van der Waals surface area contributed by atoms with Crippen molar-refractivity contribution in [2.45, 2.75) is 13.5 Å². The number of rotatable bonds is 7. The molecule has 5 heteroatoms. The maximum atomic E-state index is 5.58. The van der Waals surface area contributed by atoms with Gasteiger partial charge in [0.2, 0.25) is 0 Å². The highest BCUT2D eigenvalue weighted by Crippen LogP contribution is 2.16. The Kier molecular flexibility index (Phi) is 4.80. The van der Waals surface area contributed by atoms with Gasteiger partial charge >= 0.3 is 0 Å². The summed E-state index contributed by atoms with van der Waals surface area (Å²) in [4.78, 5) is 0. The maximum absolute atomic E-state index is 5.58. The molecule has 0 aliphatic carbocycles. The highest BCUT2D eigenvalue weighted by atomic mass is 16.5. The molecule has 2 aromatic rings. The van der Waals surface area contributed by atoms with Gasteiger partial charge in [0, 0.05) is 12.6 Å². The van der Waals surface area contributed by atoms with Crippen molar-refractivity contribution in [3.8, 4) is 11.5 Å². The predicted octanol–water partition coefficient (Wildman–Crippen LogP) is 2.16. The first kappa shape index (κ1) is 13.4. The number of benzene rings is 1. The molecular formula is C14H18N2O3. The maximum Gasteiger partial charge on any atom is 0.150 e. The second kappa shape index (κ2) is 6.80. The van der Waals surface area contributed by atoms with Crippen molar-refractivity contribution in [2.75, 3.05) is 20.3 Å². The molecule has 0 saturated heterocycles. The molecule has 1 aromatic heterocycles. The Morgan fingerprint density at radius 2 is 1.95 bits per heavy atom. The van der Waals surface area contributed by atoms with Crippen LogP contribution in [0, 0.1) is 6.92 Å². The molecule has 0 radical (unpaired) electrons. The Labute approximate surface area is 112 Å². The molecule has 19 heavy (non-hydrogen) atoms. The summed E-state index contributed by atoms with van der Waals surface area (Å²) in [6.07, 6.45) is 0. The monoisotopic (exact) mass is 262 g/mol. The van der Waals surface area contributed by atoms with Gasteiger partial charge in [-0.05, 0) is 31.2 Å². The van der Waals surface area contributed by atoms with Gasteiger partial charge in [-0.15, -0.1) is 0 Å². The fourth-order valence-electron chi connectivity index (χ4n) is 1.62. The number of methoxy groups -OCH3 is 1. The molecule has 0 spiro atoms. The van der Waals surface area contributed by atoms with Crippen LogP contribution >= 0.6 is 0 Å². The lowest BCUT2D eigenvalue weighted by atomic mass is 10.3. The van der Waals surface area contributed by atoms with Crippen LogP contribution in [0.1, 0.15) is 11.5 Å². The summed E-state index contributed by atoms with van der Waals surface area (Å²) in [6, 6.07) is 9.44. The van der Waals surface area contributed by atoms with Gasteiger partial charge in [-0.2, -0.15) is 0 Å². The molecule has 0 atom stereocenters. The van der Waals surface area contributed by atoms with Crippen LogP contribution in [0.15, 0.2) is 34.9 Å². The van der Waals surface area contributed by atoms with Crippen LogP contribution in [0.2, 0.25) is 0 Å². The molecule has 2 rings (SSSR count). The molecule has 0 aliphatic rings. The molecule has 0 saturated carbocycles. The summed E-state index contributed by atoms with van der Waals surface area (Å²) in [5.74, 6) is 2.49. The Hall–Kier alpha value is -2.01. The Balaban J connectivity index is 1.63. The molecular weight excluding hydrogens is 244 g/mol. The fraction of sp³-hybridized carbons (Fsp3) is 0.357. The summed E-state index contributed by atoms with van der Waals surface area (Å²) in [6.45, 7) is 3.90. The minimum Gasteiger partial charge on any atom is -0.497 e. The number of hydrogen-bond donors (Lipinski definition) is 1. The first-order valence-corrected chi connectivity index (χ1v) is 6.17. The minimum absolute atomic E-state index is 0.597. The average molecular weight is 262 g/mol. The van der Waals surface area contributed by atoms with Gasteiger partial charge < -0.3 is 19.3 Å². The molecule has 0 aliphatic heterocycles. The zero-order chi connectivity index (χ0) is 13.5.